The maximum Gasteiger partial charge on any atom is 0.160 e. The fraction of sp³-hybridized carbons (Fsp3) is 0.500. The average Bonchev–Trinajstić information content (AvgIpc) is 2.74. The molecule has 0 aliphatic carbocycles. The van der Waals surface area contributed by atoms with Crippen molar-refractivity contribution in [2.45, 2.75) is 25.3 Å². The molecule has 0 aromatic heterocycles. The summed E-state index contributed by atoms with van der Waals surface area (Å²) in [5.41, 5.74) is 0.966. The van der Waals surface area contributed by atoms with Crippen LogP contribution in [0.4, 0.5) is 0 Å². The molecule has 82 valence electrons. The van der Waals surface area contributed by atoms with Crippen molar-refractivity contribution in [3.63, 3.8) is 0 Å². The molecule has 15 heavy (non-hydrogen) atoms. The van der Waals surface area contributed by atoms with Crippen molar-refractivity contribution in [3.8, 4) is 11.5 Å². The molecule has 0 amide bonds. The Labute approximate surface area is 90.1 Å². The molecule has 1 aliphatic rings. The number of aromatic hydroxyl groups is 1. The predicted molar refractivity (Wildman–Crippen MR) is 59.4 cm³/mol. The highest BCUT2D eigenvalue weighted by Crippen LogP contribution is 2.30. The molecule has 1 fully saturated rings. The summed E-state index contributed by atoms with van der Waals surface area (Å²) in [5, 5.41) is 13.3. The number of benzene rings is 1. The second-order valence-corrected chi connectivity index (χ2v) is 3.97. The van der Waals surface area contributed by atoms with Crippen LogP contribution in [0.1, 0.15) is 18.4 Å². The van der Waals surface area contributed by atoms with Gasteiger partial charge in [0.1, 0.15) is 0 Å². The van der Waals surface area contributed by atoms with Gasteiger partial charge in [-0.05, 0) is 37.4 Å². The number of nitrogens with one attached hydrogen (secondary N) is 1. The van der Waals surface area contributed by atoms with E-state index in [0.29, 0.717) is 11.8 Å². The molecule has 0 radical (unpaired) electrons. The third-order valence-electron chi connectivity index (χ3n) is 2.93. The number of hydrogen-bond acceptors (Lipinski definition) is 3. The van der Waals surface area contributed by atoms with Crippen LogP contribution >= 0.6 is 0 Å². The zero-order valence-corrected chi connectivity index (χ0v) is 8.99. The zero-order chi connectivity index (χ0) is 10.7. The van der Waals surface area contributed by atoms with Crippen molar-refractivity contribution in [2.75, 3.05) is 13.7 Å². The Kier molecular flexibility index (Phi) is 3.11. The van der Waals surface area contributed by atoms with E-state index < -0.39 is 0 Å². The molecule has 0 spiro atoms. The monoisotopic (exact) mass is 207 g/mol. The van der Waals surface area contributed by atoms with E-state index in [0.717, 1.165) is 18.5 Å². The molecule has 1 heterocycles. The second-order valence-electron chi connectivity index (χ2n) is 3.97. The fourth-order valence-corrected chi connectivity index (χ4v) is 2.09. The zero-order valence-electron chi connectivity index (χ0n) is 8.99. The van der Waals surface area contributed by atoms with Crippen molar-refractivity contribution in [1.29, 1.82) is 0 Å². The first-order valence-corrected chi connectivity index (χ1v) is 5.39. The van der Waals surface area contributed by atoms with Crippen molar-refractivity contribution in [2.24, 2.45) is 0 Å². The summed E-state index contributed by atoms with van der Waals surface area (Å²) in [6, 6.07) is 6.16. The Morgan fingerprint density at radius 3 is 3.07 bits per heavy atom. The summed E-state index contributed by atoms with van der Waals surface area (Å²) >= 11 is 0. The Bertz CT molecular complexity index is 332. The van der Waals surface area contributed by atoms with Gasteiger partial charge >= 0.3 is 0 Å². The molecule has 2 N–H and O–H groups in total. The van der Waals surface area contributed by atoms with E-state index in [4.69, 9.17) is 4.74 Å². The molecular weight excluding hydrogens is 190 g/mol. The van der Waals surface area contributed by atoms with E-state index >= 15 is 0 Å². The summed E-state index contributed by atoms with van der Waals surface area (Å²) < 4.78 is 5.08. The number of phenolic OH excluding ortho intramolecular Hbond substituents is 1. The van der Waals surface area contributed by atoms with Crippen LogP contribution in [0.3, 0.4) is 0 Å². The van der Waals surface area contributed by atoms with Gasteiger partial charge in [-0.25, -0.2) is 0 Å². The van der Waals surface area contributed by atoms with E-state index in [-0.39, 0.29) is 5.75 Å². The van der Waals surface area contributed by atoms with Gasteiger partial charge in [0, 0.05) is 6.04 Å². The number of hydrogen-bond donors (Lipinski definition) is 2. The van der Waals surface area contributed by atoms with Gasteiger partial charge in [0.25, 0.3) is 0 Å². The van der Waals surface area contributed by atoms with Gasteiger partial charge in [-0.3, -0.25) is 0 Å². The fourth-order valence-electron chi connectivity index (χ4n) is 2.09. The highest BCUT2D eigenvalue weighted by molar-refractivity contribution is 5.45. The number of para-hydroxylation sites is 1. The van der Waals surface area contributed by atoms with Gasteiger partial charge in [0.2, 0.25) is 0 Å². The number of ether oxygens (including phenoxy) is 1. The lowest BCUT2D eigenvalue weighted by Gasteiger charge is -2.13. The van der Waals surface area contributed by atoms with E-state index in [9.17, 15) is 5.11 Å². The first-order chi connectivity index (χ1) is 7.31. The maximum absolute atomic E-state index is 9.90. The summed E-state index contributed by atoms with van der Waals surface area (Å²) in [6.07, 6.45) is 3.30. The SMILES string of the molecule is COc1cccc(CC2CCCN2)c1O. The molecule has 0 saturated carbocycles. The highest BCUT2D eigenvalue weighted by Gasteiger charge is 2.17. The molecule has 1 aromatic carbocycles. The molecular formula is C12H17NO2. The Hall–Kier alpha value is -1.22. The molecule has 1 atom stereocenters. The summed E-state index contributed by atoms with van der Waals surface area (Å²) in [4.78, 5) is 0. The van der Waals surface area contributed by atoms with E-state index in [1.165, 1.54) is 12.8 Å². The minimum Gasteiger partial charge on any atom is -0.504 e. The van der Waals surface area contributed by atoms with Crippen LogP contribution in [0.15, 0.2) is 18.2 Å². The average molecular weight is 207 g/mol. The number of methoxy groups -OCH3 is 1. The van der Waals surface area contributed by atoms with Crippen LogP contribution in [-0.4, -0.2) is 24.8 Å². The quantitative estimate of drug-likeness (QED) is 0.792. The van der Waals surface area contributed by atoms with Crippen LogP contribution in [0, 0.1) is 0 Å². The largest absolute Gasteiger partial charge is 0.504 e. The number of phenols is 1. The van der Waals surface area contributed by atoms with E-state index in [2.05, 4.69) is 5.32 Å². The van der Waals surface area contributed by atoms with Crippen LogP contribution in [0.2, 0.25) is 0 Å². The van der Waals surface area contributed by atoms with Crippen LogP contribution in [0.25, 0.3) is 0 Å². The first kappa shape index (κ1) is 10.3. The molecule has 1 aromatic rings. The third-order valence-corrected chi connectivity index (χ3v) is 2.93. The lowest BCUT2D eigenvalue weighted by molar-refractivity contribution is 0.369. The summed E-state index contributed by atoms with van der Waals surface area (Å²) in [7, 11) is 1.58. The highest BCUT2D eigenvalue weighted by atomic mass is 16.5. The van der Waals surface area contributed by atoms with Crippen molar-refractivity contribution in [1.82, 2.24) is 5.32 Å². The molecule has 2 rings (SSSR count). The predicted octanol–water partition coefficient (Wildman–Crippen LogP) is 1.70. The standard InChI is InChI=1S/C12H17NO2/c1-15-11-6-2-4-9(12(11)14)8-10-5-3-7-13-10/h2,4,6,10,13-14H,3,5,7-8H2,1H3. The van der Waals surface area contributed by atoms with Gasteiger partial charge in [0.05, 0.1) is 7.11 Å². The first-order valence-electron chi connectivity index (χ1n) is 5.39. The molecule has 1 saturated heterocycles. The van der Waals surface area contributed by atoms with Crippen LogP contribution in [0.5, 0.6) is 11.5 Å². The van der Waals surface area contributed by atoms with Crippen molar-refractivity contribution >= 4 is 0 Å². The smallest absolute Gasteiger partial charge is 0.160 e. The topological polar surface area (TPSA) is 41.5 Å². The van der Waals surface area contributed by atoms with Gasteiger partial charge in [0.15, 0.2) is 11.5 Å². The Balaban J connectivity index is 2.13. The maximum atomic E-state index is 9.90. The van der Waals surface area contributed by atoms with Gasteiger partial charge in [-0.15, -0.1) is 0 Å². The molecule has 1 aliphatic heterocycles. The summed E-state index contributed by atoms with van der Waals surface area (Å²) in [6.45, 7) is 1.09. The lowest BCUT2D eigenvalue weighted by Crippen LogP contribution is -2.23. The molecule has 0 bridgehead atoms. The number of rotatable bonds is 3. The third kappa shape index (κ3) is 2.23. The van der Waals surface area contributed by atoms with Gasteiger partial charge in [-0.1, -0.05) is 12.1 Å². The van der Waals surface area contributed by atoms with Gasteiger partial charge < -0.3 is 15.2 Å². The Morgan fingerprint density at radius 2 is 2.40 bits per heavy atom. The molecule has 3 heteroatoms. The van der Waals surface area contributed by atoms with Crippen molar-refractivity contribution in [3.05, 3.63) is 23.8 Å². The van der Waals surface area contributed by atoms with Crippen molar-refractivity contribution < 1.29 is 9.84 Å². The minimum atomic E-state index is 0.286. The van der Waals surface area contributed by atoms with Crippen LogP contribution in [-0.2, 0) is 6.42 Å². The van der Waals surface area contributed by atoms with Gasteiger partial charge in [-0.2, -0.15) is 0 Å². The normalized spacial score (nSPS) is 20.5. The van der Waals surface area contributed by atoms with E-state index in [1.54, 1.807) is 13.2 Å². The van der Waals surface area contributed by atoms with E-state index in [1.807, 2.05) is 12.1 Å². The molecule has 1 unspecified atom stereocenters. The second kappa shape index (κ2) is 4.53. The summed E-state index contributed by atoms with van der Waals surface area (Å²) in [5.74, 6) is 0.846. The minimum absolute atomic E-state index is 0.286. The van der Waals surface area contributed by atoms with Crippen LogP contribution < -0.4 is 10.1 Å². The molecule has 3 nitrogen and oxygen atoms in total. The lowest BCUT2D eigenvalue weighted by atomic mass is 10.0. The Morgan fingerprint density at radius 1 is 1.53 bits per heavy atom.